The summed E-state index contributed by atoms with van der Waals surface area (Å²) in [5.74, 6) is -0.250. The Bertz CT molecular complexity index is 1110. The minimum Gasteiger partial charge on any atom is -0.432 e. The number of nitrogens with zero attached hydrogens (tertiary/aromatic N) is 2. The molecule has 0 radical (unpaired) electrons. The maximum absolute atomic E-state index is 12.9. The average Bonchev–Trinajstić information content (AvgIpc) is 3.14. The first-order valence-electron chi connectivity index (χ1n) is 9.50. The zero-order chi connectivity index (χ0) is 21.7. The van der Waals surface area contributed by atoms with Crippen LogP contribution in [0.5, 0.6) is 0 Å². The molecule has 2 heterocycles. The number of oxazole rings is 1. The van der Waals surface area contributed by atoms with E-state index in [9.17, 15) is 9.59 Å². The molecule has 158 valence electrons. The predicted octanol–water partition coefficient (Wildman–Crippen LogP) is 1.94. The summed E-state index contributed by atoms with van der Waals surface area (Å²) < 4.78 is 6.54. The summed E-state index contributed by atoms with van der Waals surface area (Å²) in [5, 5.41) is 3.42. The van der Waals surface area contributed by atoms with E-state index in [1.54, 1.807) is 22.9 Å². The van der Waals surface area contributed by atoms with Crippen molar-refractivity contribution in [2.45, 2.75) is 39.4 Å². The Morgan fingerprint density at radius 3 is 2.80 bits per heavy atom. The van der Waals surface area contributed by atoms with Gasteiger partial charge in [0.15, 0.2) is 0 Å². The van der Waals surface area contributed by atoms with Crippen molar-refractivity contribution in [1.29, 1.82) is 0 Å². The number of aromatic nitrogens is 2. The first kappa shape index (κ1) is 21.6. The quantitative estimate of drug-likeness (QED) is 0.501. The van der Waals surface area contributed by atoms with E-state index in [4.69, 9.17) is 27.5 Å². The molecule has 1 aromatic carbocycles. The van der Waals surface area contributed by atoms with Crippen LogP contribution in [0.4, 0.5) is 6.01 Å². The van der Waals surface area contributed by atoms with Crippen LogP contribution in [0.2, 0.25) is 5.02 Å². The Morgan fingerprint density at radius 1 is 1.30 bits per heavy atom. The van der Waals surface area contributed by atoms with Gasteiger partial charge in [-0.25, -0.2) is 0 Å². The standard InChI is InChI=1S/C21H24ClN5O3/c1-13-4-6-27(7-5-17-12-30-21(24)26-17)20(29)18(13)9-19(28)25-11-15-8-16(22)3-2-14(15)10-23/h2-4,6,8,12H,5,7,9-11,23H2,1H3,(H2,24,26)(H,25,28). The first-order chi connectivity index (χ1) is 14.4. The fraction of sp³-hybridized carbons (Fsp3) is 0.286. The maximum Gasteiger partial charge on any atom is 0.292 e. The highest BCUT2D eigenvalue weighted by Gasteiger charge is 2.13. The van der Waals surface area contributed by atoms with Crippen LogP contribution in [-0.4, -0.2) is 15.5 Å². The number of pyridine rings is 1. The molecule has 0 atom stereocenters. The molecule has 0 fully saturated rings. The number of anilines is 1. The Labute approximate surface area is 178 Å². The normalized spacial score (nSPS) is 10.9. The molecule has 1 amide bonds. The number of halogens is 1. The third-order valence-electron chi connectivity index (χ3n) is 4.88. The van der Waals surface area contributed by atoms with Gasteiger partial charge in [0.05, 0.1) is 12.1 Å². The SMILES string of the molecule is Cc1ccn(CCc2coc(N)n2)c(=O)c1CC(=O)NCc1cc(Cl)ccc1CN. The van der Waals surface area contributed by atoms with E-state index >= 15 is 0 Å². The fourth-order valence-electron chi connectivity index (χ4n) is 3.15. The van der Waals surface area contributed by atoms with Gasteiger partial charge in [-0.2, -0.15) is 4.98 Å². The summed E-state index contributed by atoms with van der Waals surface area (Å²) in [5.41, 5.74) is 14.7. The van der Waals surface area contributed by atoms with E-state index in [0.717, 1.165) is 16.7 Å². The lowest BCUT2D eigenvalue weighted by molar-refractivity contribution is -0.120. The Balaban J connectivity index is 1.67. The molecule has 0 unspecified atom stereocenters. The summed E-state index contributed by atoms with van der Waals surface area (Å²) in [6, 6.07) is 7.30. The zero-order valence-corrected chi connectivity index (χ0v) is 17.4. The predicted molar refractivity (Wildman–Crippen MR) is 115 cm³/mol. The molecule has 0 saturated heterocycles. The van der Waals surface area contributed by atoms with Crippen LogP contribution in [-0.2, 0) is 37.3 Å². The lowest BCUT2D eigenvalue weighted by atomic mass is 10.1. The Morgan fingerprint density at radius 2 is 2.10 bits per heavy atom. The molecule has 0 aliphatic heterocycles. The number of carbonyl (C=O) groups excluding carboxylic acids is 1. The highest BCUT2D eigenvalue weighted by molar-refractivity contribution is 6.30. The lowest BCUT2D eigenvalue weighted by Gasteiger charge is -2.12. The van der Waals surface area contributed by atoms with Crippen molar-refractivity contribution >= 4 is 23.5 Å². The van der Waals surface area contributed by atoms with E-state index < -0.39 is 0 Å². The number of benzene rings is 1. The number of nitrogen functional groups attached to an aromatic ring is 1. The summed E-state index contributed by atoms with van der Waals surface area (Å²) >= 11 is 6.04. The zero-order valence-electron chi connectivity index (χ0n) is 16.7. The molecule has 5 N–H and O–H groups in total. The second-order valence-electron chi connectivity index (χ2n) is 6.97. The number of rotatable bonds is 8. The molecular formula is C21H24ClN5O3. The minimum atomic E-state index is -0.250. The largest absolute Gasteiger partial charge is 0.432 e. The van der Waals surface area contributed by atoms with Gasteiger partial charge in [-0.3, -0.25) is 9.59 Å². The molecule has 30 heavy (non-hydrogen) atoms. The highest BCUT2D eigenvalue weighted by Crippen LogP contribution is 2.16. The fourth-order valence-corrected chi connectivity index (χ4v) is 3.35. The monoisotopic (exact) mass is 429 g/mol. The van der Waals surface area contributed by atoms with Crippen LogP contribution < -0.4 is 22.3 Å². The highest BCUT2D eigenvalue weighted by atomic mass is 35.5. The van der Waals surface area contributed by atoms with Crippen LogP contribution in [0.3, 0.4) is 0 Å². The number of aryl methyl sites for hydroxylation is 3. The molecule has 9 heteroatoms. The number of nitrogens with two attached hydrogens (primary N) is 2. The second-order valence-corrected chi connectivity index (χ2v) is 7.41. The van der Waals surface area contributed by atoms with Gasteiger partial charge in [0.1, 0.15) is 6.26 Å². The van der Waals surface area contributed by atoms with Crippen LogP contribution in [0.1, 0.15) is 27.9 Å². The van der Waals surface area contributed by atoms with Gasteiger partial charge in [-0.05, 0) is 41.8 Å². The molecule has 3 rings (SSSR count). The van der Waals surface area contributed by atoms with Gasteiger partial charge < -0.3 is 25.8 Å². The first-order valence-corrected chi connectivity index (χ1v) is 9.88. The summed E-state index contributed by atoms with van der Waals surface area (Å²) in [6.45, 7) is 2.86. The van der Waals surface area contributed by atoms with Crippen LogP contribution in [0, 0.1) is 6.92 Å². The Hall–Kier alpha value is -3.10. The third-order valence-corrected chi connectivity index (χ3v) is 5.11. The molecule has 2 aromatic heterocycles. The summed E-state index contributed by atoms with van der Waals surface area (Å²) in [7, 11) is 0. The topological polar surface area (TPSA) is 129 Å². The molecule has 8 nitrogen and oxygen atoms in total. The number of amides is 1. The molecule has 0 aliphatic carbocycles. The van der Waals surface area contributed by atoms with Crippen molar-refractivity contribution in [3.8, 4) is 0 Å². The van der Waals surface area contributed by atoms with Crippen molar-refractivity contribution in [1.82, 2.24) is 14.9 Å². The molecule has 0 spiro atoms. The van der Waals surface area contributed by atoms with Crippen molar-refractivity contribution < 1.29 is 9.21 Å². The number of nitrogens with one attached hydrogen (secondary N) is 1. The molecule has 3 aromatic rings. The summed E-state index contributed by atoms with van der Waals surface area (Å²) in [4.78, 5) is 29.4. The van der Waals surface area contributed by atoms with Gasteiger partial charge in [-0.1, -0.05) is 17.7 Å². The van der Waals surface area contributed by atoms with Gasteiger partial charge in [0.2, 0.25) is 5.91 Å². The molecule has 0 bridgehead atoms. The van der Waals surface area contributed by atoms with Gasteiger partial charge >= 0.3 is 0 Å². The van der Waals surface area contributed by atoms with Crippen molar-refractivity contribution in [3.05, 3.63) is 80.0 Å². The van der Waals surface area contributed by atoms with Crippen LogP contribution in [0.15, 0.2) is 45.9 Å². The Kier molecular flexibility index (Phi) is 6.91. The third kappa shape index (κ3) is 5.28. The van der Waals surface area contributed by atoms with Crippen molar-refractivity contribution in [3.63, 3.8) is 0 Å². The lowest BCUT2D eigenvalue weighted by Crippen LogP contribution is -2.31. The molecular weight excluding hydrogens is 406 g/mol. The number of hydrogen-bond donors (Lipinski definition) is 3. The number of hydrogen-bond acceptors (Lipinski definition) is 6. The minimum absolute atomic E-state index is 0.0130. The van der Waals surface area contributed by atoms with Gasteiger partial charge in [0.25, 0.3) is 11.6 Å². The van der Waals surface area contributed by atoms with E-state index in [0.29, 0.717) is 42.3 Å². The van der Waals surface area contributed by atoms with Gasteiger partial charge in [-0.15, -0.1) is 0 Å². The molecule has 0 aliphatic rings. The van der Waals surface area contributed by atoms with Crippen LogP contribution >= 0.6 is 11.6 Å². The average molecular weight is 430 g/mol. The van der Waals surface area contributed by atoms with Crippen LogP contribution in [0.25, 0.3) is 0 Å². The molecule has 0 saturated carbocycles. The van der Waals surface area contributed by atoms with Crippen molar-refractivity contribution in [2.75, 3.05) is 5.73 Å². The smallest absolute Gasteiger partial charge is 0.292 e. The van der Waals surface area contributed by atoms with Gasteiger partial charge in [0, 0.05) is 42.8 Å². The number of carbonyl (C=O) groups is 1. The maximum atomic E-state index is 12.9. The van der Waals surface area contributed by atoms with Crippen molar-refractivity contribution in [2.24, 2.45) is 5.73 Å². The second kappa shape index (κ2) is 9.60. The van der Waals surface area contributed by atoms with E-state index in [-0.39, 0.29) is 23.9 Å². The van der Waals surface area contributed by atoms with E-state index in [2.05, 4.69) is 10.3 Å². The summed E-state index contributed by atoms with van der Waals surface area (Å²) in [6.07, 6.45) is 3.66. The van der Waals surface area contributed by atoms with E-state index in [1.807, 2.05) is 19.1 Å². The van der Waals surface area contributed by atoms with E-state index in [1.165, 1.54) is 6.26 Å².